The number of amides is 3. The Bertz CT molecular complexity index is 1000. The Morgan fingerprint density at radius 2 is 1.63 bits per heavy atom. The van der Waals surface area contributed by atoms with Crippen molar-refractivity contribution in [1.29, 1.82) is 0 Å². The van der Waals surface area contributed by atoms with Gasteiger partial charge in [0, 0.05) is 36.1 Å². The minimum Gasteiger partial charge on any atom is -0.351 e. The highest BCUT2D eigenvalue weighted by atomic mass is 35.5. The van der Waals surface area contributed by atoms with Crippen molar-refractivity contribution >= 4 is 35.1 Å². The van der Waals surface area contributed by atoms with E-state index in [1.54, 1.807) is 41.4 Å². The Morgan fingerprint density at radius 3 is 2.29 bits per heavy atom. The Labute approximate surface area is 211 Å². The minimum absolute atomic E-state index is 0.0238. The largest absolute Gasteiger partial charge is 0.351 e. The van der Waals surface area contributed by atoms with Crippen LogP contribution in [0.3, 0.4) is 0 Å². The lowest BCUT2D eigenvalue weighted by Gasteiger charge is -2.37. The van der Waals surface area contributed by atoms with Gasteiger partial charge in [-0.1, -0.05) is 55.5 Å². The smallest absolute Gasteiger partial charge is 0.247 e. The van der Waals surface area contributed by atoms with E-state index in [0.29, 0.717) is 10.8 Å². The van der Waals surface area contributed by atoms with Crippen molar-refractivity contribution in [1.82, 2.24) is 15.2 Å². The van der Waals surface area contributed by atoms with E-state index in [9.17, 15) is 14.4 Å². The van der Waals surface area contributed by atoms with Gasteiger partial charge in [-0.25, -0.2) is 4.98 Å². The third kappa shape index (κ3) is 6.82. The number of nitrogens with one attached hydrogen (secondary N) is 2. The molecule has 0 unspecified atom stereocenters. The quantitative estimate of drug-likeness (QED) is 0.509. The average molecular weight is 497 g/mol. The number of pyridine rings is 1. The van der Waals surface area contributed by atoms with Crippen molar-refractivity contribution in [3.05, 3.63) is 59.2 Å². The van der Waals surface area contributed by atoms with Gasteiger partial charge in [0.05, 0.1) is 0 Å². The molecule has 8 heteroatoms. The van der Waals surface area contributed by atoms with Crippen LogP contribution in [0.4, 0.5) is 5.82 Å². The first kappa shape index (κ1) is 25.2. The van der Waals surface area contributed by atoms with Crippen LogP contribution in [0, 0.1) is 0 Å². The summed E-state index contributed by atoms with van der Waals surface area (Å²) in [5.41, 5.74) is 0.739. The van der Waals surface area contributed by atoms with Crippen LogP contribution in [-0.2, 0) is 14.4 Å². The summed E-state index contributed by atoms with van der Waals surface area (Å²) in [5, 5.41) is 6.50. The summed E-state index contributed by atoms with van der Waals surface area (Å²) in [6, 6.07) is 11.8. The maximum atomic E-state index is 13.6. The maximum absolute atomic E-state index is 13.6. The number of rotatable bonds is 9. The van der Waals surface area contributed by atoms with E-state index in [2.05, 4.69) is 15.6 Å². The van der Waals surface area contributed by atoms with Crippen molar-refractivity contribution in [3.8, 4) is 0 Å². The number of benzene rings is 1. The molecule has 3 amide bonds. The zero-order valence-electron chi connectivity index (χ0n) is 19.9. The van der Waals surface area contributed by atoms with E-state index in [1.807, 2.05) is 12.1 Å². The SMILES string of the molecule is O=C(CCC(=O)N(C1CCCC1)[C@H](C(=O)NC1CCCC1)c1ccc(Cl)cc1)Nc1ccccn1. The first-order valence-electron chi connectivity index (χ1n) is 12.6. The van der Waals surface area contributed by atoms with E-state index in [0.717, 1.165) is 56.9 Å². The van der Waals surface area contributed by atoms with Gasteiger partial charge in [0.25, 0.3) is 0 Å². The van der Waals surface area contributed by atoms with Gasteiger partial charge < -0.3 is 15.5 Å². The van der Waals surface area contributed by atoms with Crippen LogP contribution in [0.5, 0.6) is 0 Å². The summed E-state index contributed by atoms with van der Waals surface area (Å²) in [7, 11) is 0. The van der Waals surface area contributed by atoms with Gasteiger partial charge in [0.15, 0.2) is 0 Å². The molecule has 1 aromatic heterocycles. The first-order chi connectivity index (χ1) is 17.0. The fourth-order valence-corrected chi connectivity index (χ4v) is 5.29. The van der Waals surface area contributed by atoms with Crippen molar-refractivity contribution in [2.75, 3.05) is 5.32 Å². The molecule has 4 rings (SSSR count). The summed E-state index contributed by atoms with van der Waals surface area (Å²) in [5.74, 6) is -0.165. The van der Waals surface area contributed by atoms with Crippen LogP contribution in [0.15, 0.2) is 48.7 Å². The summed E-state index contributed by atoms with van der Waals surface area (Å²) in [6.07, 6.45) is 9.53. The van der Waals surface area contributed by atoms with Gasteiger partial charge >= 0.3 is 0 Å². The van der Waals surface area contributed by atoms with Crippen molar-refractivity contribution in [2.45, 2.75) is 82.3 Å². The summed E-state index contributed by atoms with van der Waals surface area (Å²) < 4.78 is 0. The molecule has 0 saturated heterocycles. The molecule has 186 valence electrons. The zero-order chi connectivity index (χ0) is 24.6. The summed E-state index contributed by atoms with van der Waals surface area (Å²) in [6.45, 7) is 0. The molecule has 35 heavy (non-hydrogen) atoms. The normalized spacial score (nSPS) is 17.2. The molecule has 2 aromatic rings. The number of hydrogen-bond donors (Lipinski definition) is 2. The predicted octanol–water partition coefficient (Wildman–Crippen LogP) is 5.03. The molecule has 0 bridgehead atoms. The van der Waals surface area contributed by atoms with Crippen LogP contribution in [-0.4, -0.2) is 39.7 Å². The van der Waals surface area contributed by atoms with Crippen LogP contribution in [0.1, 0.15) is 75.8 Å². The fourth-order valence-electron chi connectivity index (χ4n) is 5.17. The molecule has 7 nitrogen and oxygen atoms in total. The second kappa shape index (κ2) is 12.2. The Morgan fingerprint density at radius 1 is 0.943 bits per heavy atom. The molecule has 0 aliphatic heterocycles. The van der Waals surface area contributed by atoms with Gasteiger partial charge in [-0.3, -0.25) is 14.4 Å². The van der Waals surface area contributed by atoms with Gasteiger partial charge in [0.2, 0.25) is 17.7 Å². The molecule has 2 saturated carbocycles. The highest BCUT2D eigenvalue weighted by molar-refractivity contribution is 6.30. The Hall–Kier alpha value is -2.93. The molecule has 0 spiro atoms. The Balaban J connectivity index is 1.53. The molecule has 1 atom stereocenters. The number of carbonyl (C=O) groups is 3. The molecule has 1 aromatic carbocycles. The number of anilines is 1. The van der Waals surface area contributed by atoms with Crippen LogP contribution >= 0.6 is 11.6 Å². The van der Waals surface area contributed by atoms with E-state index in [-0.39, 0.29) is 42.6 Å². The van der Waals surface area contributed by atoms with Crippen LogP contribution in [0.2, 0.25) is 5.02 Å². The van der Waals surface area contributed by atoms with Gasteiger partial charge in [0.1, 0.15) is 11.9 Å². The number of carbonyl (C=O) groups excluding carboxylic acids is 3. The Kier molecular flexibility index (Phi) is 8.74. The molecular formula is C27H33ClN4O3. The molecule has 2 N–H and O–H groups in total. The lowest BCUT2D eigenvalue weighted by Crippen LogP contribution is -2.49. The van der Waals surface area contributed by atoms with Crippen molar-refractivity contribution in [3.63, 3.8) is 0 Å². The first-order valence-corrected chi connectivity index (χ1v) is 13.0. The number of nitrogens with zero attached hydrogens (tertiary/aromatic N) is 2. The van der Waals surface area contributed by atoms with E-state index < -0.39 is 6.04 Å². The van der Waals surface area contributed by atoms with Crippen LogP contribution < -0.4 is 10.6 Å². The van der Waals surface area contributed by atoms with Gasteiger partial charge in [-0.05, 0) is 55.5 Å². The lowest BCUT2D eigenvalue weighted by molar-refractivity contribution is -0.144. The number of aromatic nitrogens is 1. The summed E-state index contributed by atoms with van der Waals surface area (Å²) >= 11 is 6.12. The predicted molar refractivity (Wildman–Crippen MR) is 136 cm³/mol. The minimum atomic E-state index is -0.748. The van der Waals surface area contributed by atoms with E-state index in [1.165, 1.54) is 0 Å². The number of halogens is 1. The van der Waals surface area contributed by atoms with Crippen LogP contribution in [0.25, 0.3) is 0 Å². The standard InChI is InChI=1S/C27H33ClN4O3/c28-20-14-12-19(13-15-20)26(27(35)30-21-7-1-2-8-21)32(22-9-3-4-10-22)25(34)17-16-24(33)31-23-11-5-6-18-29-23/h5-6,11-15,18,21-22,26H,1-4,7-10,16-17H2,(H,30,35)(H,29,31,33)/t26-/m0/s1. The maximum Gasteiger partial charge on any atom is 0.247 e. The third-order valence-corrected chi connectivity index (χ3v) is 7.17. The topological polar surface area (TPSA) is 91.4 Å². The fraction of sp³-hybridized carbons (Fsp3) is 0.481. The van der Waals surface area contributed by atoms with E-state index in [4.69, 9.17) is 11.6 Å². The summed E-state index contributed by atoms with van der Waals surface area (Å²) in [4.78, 5) is 45.6. The number of hydrogen-bond acceptors (Lipinski definition) is 4. The molecule has 0 radical (unpaired) electrons. The zero-order valence-corrected chi connectivity index (χ0v) is 20.7. The third-order valence-electron chi connectivity index (χ3n) is 6.92. The molecule has 2 aliphatic carbocycles. The van der Waals surface area contributed by atoms with Crippen molar-refractivity contribution in [2.24, 2.45) is 0 Å². The monoisotopic (exact) mass is 496 g/mol. The van der Waals surface area contributed by atoms with Gasteiger partial charge in [-0.2, -0.15) is 0 Å². The van der Waals surface area contributed by atoms with Crippen molar-refractivity contribution < 1.29 is 14.4 Å². The van der Waals surface area contributed by atoms with E-state index >= 15 is 0 Å². The molecule has 2 fully saturated rings. The molecule has 1 heterocycles. The second-order valence-electron chi connectivity index (χ2n) is 9.45. The highest BCUT2D eigenvalue weighted by Gasteiger charge is 2.38. The highest BCUT2D eigenvalue weighted by Crippen LogP contribution is 2.33. The lowest BCUT2D eigenvalue weighted by atomic mass is 9.99. The average Bonchev–Trinajstić information content (AvgIpc) is 3.57. The molecule has 2 aliphatic rings. The molecular weight excluding hydrogens is 464 g/mol. The van der Waals surface area contributed by atoms with Gasteiger partial charge in [-0.15, -0.1) is 0 Å². The second-order valence-corrected chi connectivity index (χ2v) is 9.88.